The van der Waals surface area contributed by atoms with E-state index in [0.717, 1.165) is 11.3 Å². The molecule has 0 radical (unpaired) electrons. The first-order valence-corrected chi connectivity index (χ1v) is 8.78. The van der Waals surface area contributed by atoms with Gasteiger partial charge in [-0.3, -0.25) is 15.2 Å². The Labute approximate surface area is 156 Å². The van der Waals surface area contributed by atoms with Gasteiger partial charge in [0.15, 0.2) is 11.5 Å². The van der Waals surface area contributed by atoms with Gasteiger partial charge in [-0.2, -0.15) is 0 Å². The molecule has 1 heterocycles. The number of nitrogens with zero attached hydrogens (tertiary/aromatic N) is 2. The summed E-state index contributed by atoms with van der Waals surface area (Å²) in [5.41, 5.74) is 4.82. The van der Waals surface area contributed by atoms with Crippen molar-refractivity contribution in [1.29, 1.82) is 0 Å². The number of carbonyl (C=O) groups is 1. The number of hydrogen-bond acceptors (Lipinski definition) is 6. The fraction of sp³-hybridized carbons (Fsp3) is 0.158. The molecule has 0 unspecified atom stereocenters. The Morgan fingerprint density at radius 2 is 1.85 bits per heavy atom. The first-order chi connectivity index (χ1) is 12.6. The van der Waals surface area contributed by atoms with E-state index in [9.17, 15) is 4.79 Å². The number of aromatic nitrogens is 1. The summed E-state index contributed by atoms with van der Waals surface area (Å²) in [5.74, 6) is 0.938. The van der Waals surface area contributed by atoms with E-state index >= 15 is 0 Å². The van der Waals surface area contributed by atoms with Gasteiger partial charge in [0.2, 0.25) is 0 Å². The maximum Gasteiger partial charge on any atom is 0.289 e. The van der Waals surface area contributed by atoms with Crippen LogP contribution in [-0.4, -0.2) is 32.2 Å². The minimum atomic E-state index is -0.277. The second kappa shape index (κ2) is 7.88. The van der Waals surface area contributed by atoms with Gasteiger partial charge in [-0.1, -0.05) is 24.3 Å². The third kappa shape index (κ3) is 3.62. The van der Waals surface area contributed by atoms with Crippen LogP contribution in [-0.2, 0) is 0 Å². The Morgan fingerprint density at radius 3 is 2.54 bits per heavy atom. The highest BCUT2D eigenvalue weighted by molar-refractivity contribution is 7.13. The van der Waals surface area contributed by atoms with E-state index in [4.69, 9.17) is 9.47 Å². The SMILES string of the molecule is COc1cccc(-c2nc(C(=O)NN(C)c3ccccc3)cs2)c1OC. The first-order valence-electron chi connectivity index (χ1n) is 7.90. The number of rotatable bonds is 6. The number of ether oxygens (including phenoxy) is 2. The van der Waals surface area contributed by atoms with Crippen molar-refractivity contribution in [2.75, 3.05) is 26.3 Å². The molecule has 6 nitrogen and oxygen atoms in total. The molecule has 0 bridgehead atoms. The van der Waals surface area contributed by atoms with Crippen LogP contribution in [0.2, 0.25) is 0 Å². The van der Waals surface area contributed by atoms with E-state index < -0.39 is 0 Å². The lowest BCUT2D eigenvalue weighted by atomic mass is 10.2. The van der Waals surface area contributed by atoms with Crippen molar-refractivity contribution in [3.05, 3.63) is 59.6 Å². The molecule has 1 N–H and O–H groups in total. The Bertz CT molecular complexity index is 896. The van der Waals surface area contributed by atoms with Crippen LogP contribution in [0, 0.1) is 0 Å². The third-order valence-corrected chi connectivity index (χ3v) is 4.66. The van der Waals surface area contributed by atoms with Gasteiger partial charge in [0, 0.05) is 12.4 Å². The molecule has 2 aromatic carbocycles. The smallest absolute Gasteiger partial charge is 0.289 e. The van der Waals surface area contributed by atoms with Crippen molar-refractivity contribution in [3.8, 4) is 22.1 Å². The van der Waals surface area contributed by atoms with Gasteiger partial charge in [-0.25, -0.2) is 4.98 Å². The molecule has 0 aliphatic carbocycles. The number of para-hydroxylation sites is 2. The summed E-state index contributed by atoms with van der Waals surface area (Å²) in [6.07, 6.45) is 0. The lowest BCUT2D eigenvalue weighted by molar-refractivity contribution is 0.0947. The largest absolute Gasteiger partial charge is 0.493 e. The highest BCUT2D eigenvalue weighted by atomic mass is 32.1. The molecule has 1 aromatic heterocycles. The molecular weight excluding hydrogens is 350 g/mol. The maximum absolute atomic E-state index is 12.5. The zero-order chi connectivity index (χ0) is 18.5. The average molecular weight is 369 g/mol. The predicted octanol–water partition coefficient (Wildman–Crippen LogP) is 3.61. The Kier molecular flexibility index (Phi) is 5.38. The summed E-state index contributed by atoms with van der Waals surface area (Å²) in [6, 6.07) is 15.1. The first kappa shape index (κ1) is 17.8. The van der Waals surface area contributed by atoms with Crippen LogP contribution in [0.3, 0.4) is 0 Å². The molecule has 7 heteroatoms. The quantitative estimate of drug-likeness (QED) is 0.673. The summed E-state index contributed by atoms with van der Waals surface area (Å²) in [4.78, 5) is 16.9. The van der Waals surface area contributed by atoms with E-state index in [1.54, 1.807) is 31.7 Å². The fourth-order valence-electron chi connectivity index (χ4n) is 2.48. The standard InChI is InChI=1S/C19H19N3O3S/c1-22(13-8-5-4-6-9-13)21-18(23)15-12-26-19(20-15)14-10-7-11-16(24-2)17(14)25-3/h4-12H,1-3H3,(H,21,23). The van der Waals surface area contributed by atoms with Crippen LogP contribution >= 0.6 is 11.3 Å². The minimum Gasteiger partial charge on any atom is -0.493 e. The zero-order valence-electron chi connectivity index (χ0n) is 14.7. The minimum absolute atomic E-state index is 0.277. The van der Waals surface area contributed by atoms with Crippen LogP contribution in [0.25, 0.3) is 10.6 Å². The maximum atomic E-state index is 12.5. The molecule has 0 saturated heterocycles. The normalized spacial score (nSPS) is 10.3. The van der Waals surface area contributed by atoms with Gasteiger partial charge < -0.3 is 9.47 Å². The Morgan fingerprint density at radius 1 is 1.08 bits per heavy atom. The van der Waals surface area contributed by atoms with Crippen LogP contribution in [0.4, 0.5) is 5.69 Å². The Balaban J connectivity index is 1.81. The number of carbonyl (C=O) groups excluding carboxylic acids is 1. The number of thiazole rings is 1. The second-order valence-corrected chi connectivity index (χ2v) is 6.27. The molecule has 0 spiro atoms. The number of hydrogen-bond donors (Lipinski definition) is 1. The van der Waals surface area contributed by atoms with E-state index in [0.29, 0.717) is 22.2 Å². The van der Waals surface area contributed by atoms with Crippen molar-refractivity contribution < 1.29 is 14.3 Å². The zero-order valence-corrected chi connectivity index (χ0v) is 15.5. The molecule has 26 heavy (non-hydrogen) atoms. The number of hydrazine groups is 1. The van der Waals surface area contributed by atoms with Gasteiger partial charge in [-0.05, 0) is 24.3 Å². The van der Waals surface area contributed by atoms with Gasteiger partial charge >= 0.3 is 0 Å². The molecule has 0 saturated carbocycles. The van der Waals surface area contributed by atoms with E-state index in [2.05, 4.69) is 10.4 Å². The molecule has 0 aliphatic heterocycles. The van der Waals surface area contributed by atoms with E-state index in [1.165, 1.54) is 11.3 Å². The van der Waals surface area contributed by atoms with Crippen molar-refractivity contribution in [2.45, 2.75) is 0 Å². The fourth-order valence-corrected chi connectivity index (χ4v) is 3.30. The van der Waals surface area contributed by atoms with Gasteiger partial charge in [0.25, 0.3) is 5.91 Å². The molecule has 3 aromatic rings. The Hall–Kier alpha value is -3.06. The van der Waals surface area contributed by atoms with Crippen molar-refractivity contribution >= 4 is 22.9 Å². The molecule has 134 valence electrons. The second-order valence-electron chi connectivity index (χ2n) is 5.41. The van der Waals surface area contributed by atoms with Crippen molar-refractivity contribution in [3.63, 3.8) is 0 Å². The number of methoxy groups -OCH3 is 2. The summed E-state index contributed by atoms with van der Waals surface area (Å²) in [6.45, 7) is 0. The highest BCUT2D eigenvalue weighted by Gasteiger charge is 2.18. The third-order valence-electron chi connectivity index (χ3n) is 3.78. The number of benzene rings is 2. The van der Waals surface area contributed by atoms with Gasteiger partial charge in [0.1, 0.15) is 10.7 Å². The van der Waals surface area contributed by atoms with Gasteiger partial charge in [-0.15, -0.1) is 11.3 Å². The number of amides is 1. The predicted molar refractivity (Wildman–Crippen MR) is 103 cm³/mol. The lowest BCUT2D eigenvalue weighted by Gasteiger charge is -2.19. The summed E-state index contributed by atoms with van der Waals surface area (Å²) < 4.78 is 10.8. The molecule has 3 rings (SSSR count). The monoisotopic (exact) mass is 369 g/mol. The number of nitrogens with one attached hydrogen (secondary N) is 1. The molecule has 0 atom stereocenters. The molecular formula is C19H19N3O3S. The molecule has 0 fully saturated rings. The van der Waals surface area contributed by atoms with E-state index in [-0.39, 0.29) is 5.91 Å². The lowest BCUT2D eigenvalue weighted by Crippen LogP contribution is -2.39. The van der Waals surface area contributed by atoms with Crippen molar-refractivity contribution in [2.24, 2.45) is 0 Å². The summed E-state index contributed by atoms with van der Waals surface area (Å²) in [5, 5.41) is 4.07. The molecule has 1 amide bonds. The van der Waals surface area contributed by atoms with Crippen LogP contribution in [0.5, 0.6) is 11.5 Å². The van der Waals surface area contributed by atoms with Gasteiger partial charge in [0.05, 0.1) is 25.5 Å². The van der Waals surface area contributed by atoms with E-state index in [1.807, 2.05) is 48.5 Å². The van der Waals surface area contributed by atoms with Crippen LogP contribution in [0.15, 0.2) is 53.9 Å². The molecule has 0 aliphatic rings. The van der Waals surface area contributed by atoms with Crippen molar-refractivity contribution in [1.82, 2.24) is 10.4 Å². The number of anilines is 1. The summed E-state index contributed by atoms with van der Waals surface area (Å²) in [7, 11) is 4.95. The topological polar surface area (TPSA) is 63.7 Å². The highest BCUT2D eigenvalue weighted by Crippen LogP contribution is 2.38. The average Bonchev–Trinajstić information content (AvgIpc) is 3.18. The summed E-state index contributed by atoms with van der Waals surface area (Å²) >= 11 is 1.38. The van der Waals surface area contributed by atoms with Crippen LogP contribution in [0.1, 0.15) is 10.5 Å². The van der Waals surface area contributed by atoms with Crippen LogP contribution < -0.4 is 19.9 Å².